The van der Waals surface area contributed by atoms with E-state index >= 15 is 0 Å². The van der Waals surface area contributed by atoms with Crippen molar-refractivity contribution in [1.82, 2.24) is 20.2 Å². The van der Waals surface area contributed by atoms with Crippen LogP contribution in [0.15, 0.2) is 68.2 Å². The van der Waals surface area contributed by atoms with Crippen molar-refractivity contribution in [3.63, 3.8) is 0 Å². The number of nitrogens with two attached hydrogens (primary N) is 1. The smallest absolute Gasteiger partial charge is 0.416 e. The van der Waals surface area contributed by atoms with E-state index in [0.717, 1.165) is 6.07 Å². The van der Waals surface area contributed by atoms with Crippen LogP contribution in [-0.4, -0.2) is 38.9 Å². The number of fused-ring (bicyclic) bond motifs is 2. The number of H-pyrrole nitrogens is 1. The summed E-state index contributed by atoms with van der Waals surface area (Å²) in [7, 11) is 1.52. The molecular formula is C32H28F2N6O5. The third kappa shape index (κ3) is 5.37. The second kappa shape index (κ2) is 10.8. The molecule has 0 radical (unpaired) electrons. The van der Waals surface area contributed by atoms with E-state index in [1.165, 1.54) is 48.3 Å². The van der Waals surface area contributed by atoms with Crippen LogP contribution in [0, 0.1) is 11.6 Å². The van der Waals surface area contributed by atoms with Gasteiger partial charge in [-0.25, -0.2) is 23.5 Å². The van der Waals surface area contributed by atoms with E-state index in [2.05, 4.69) is 20.2 Å². The van der Waals surface area contributed by atoms with Gasteiger partial charge in [0.25, 0.3) is 0 Å². The number of nitrogen functional groups attached to an aromatic ring is 1. The van der Waals surface area contributed by atoms with Gasteiger partial charge in [0.1, 0.15) is 51.3 Å². The van der Waals surface area contributed by atoms with Crippen LogP contribution in [-0.2, 0) is 4.74 Å². The maximum Gasteiger partial charge on any atom is 0.416 e. The van der Waals surface area contributed by atoms with Crippen molar-refractivity contribution in [3.8, 4) is 22.6 Å². The second-order valence-corrected chi connectivity index (χ2v) is 11.5. The summed E-state index contributed by atoms with van der Waals surface area (Å²) < 4.78 is 46.4. The first-order valence-electron chi connectivity index (χ1n) is 13.9. The number of aromatic nitrogens is 4. The number of aromatic amines is 1. The Kier molecular flexibility index (Phi) is 7.10. The van der Waals surface area contributed by atoms with Crippen LogP contribution < -0.4 is 16.1 Å². The normalized spacial score (nSPS) is 12.5. The fraction of sp³-hybridized carbons (Fsp3) is 0.219. The zero-order valence-corrected chi connectivity index (χ0v) is 24.9. The Morgan fingerprint density at radius 2 is 1.80 bits per heavy atom. The van der Waals surface area contributed by atoms with E-state index < -0.39 is 34.7 Å². The highest BCUT2D eigenvalue weighted by Gasteiger charge is 2.28. The molecule has 0 spiro atoms. The van der Waals surface area contributed by atoms with Crippen LogP contribution in [0.3, 0.4) is 0 Å². The Hall–Kier alpha value is -5.59. The number of nitrogens with one attached hydrogen (secondary N) is 1. The highest BCUT2D eigenvalue weighted by Crippen LogP contribution is 2.37. The van der Waals surface area contributed by atoms with Gasteiger partial charge in [-0.1, -0.05) is 18.2 Å². The molecule has 4 aromatic heterocycles. The average molecular weight is 615 g/mol. The Morgan fingerprint density at radius 3 is 2.53 bits per heavy atom. The standard InChI is InChI=1S/C32H28F2N6O5/c1-15(27-22(16-8-6-9-17(33)14-16)26(41)23-18(34)10-7-11-19(23)44-27)29-36-28(35)24-25(38-39-30(24)37-29)20-12-13-21(43-20)40(5)31(42)45-32(2,3)4/h6-15H,1-5H3,(H3,35,36,37,38,39). The summed E-state index contributed by atoms with van der Waals surface area (Å²) >= 11 is 0. The molecule has 0 saturated heterocycles. The third-order valence-corrected chi connectivity index (χ3v) is 7.08. The summed E-state index contributed by atoms with van der Waals surface area (Å²) in [4.78, 5) is 36.5. The number of anilines is 2. The number of rotatable bonds is 5. The molecule has 0 fully saturated rings. The molecule has 1 amide bonds. The van der Waals surface area contributed by atoms with Crippen molar-refractivity contribution in [2.75, 3.05) is 17.7 Å². The lowest BCUT2D eigenvalue weighted by atomic mass is 9.95. The largest absolute Gasteiger partial charge is 0.459 e. The molecule has 0 aliphatic carbocycles. The van der Waals surface area contributed by atoms with Crippen molar-refractivity contribution in [3.05, 3.63) is 88.0 Å². The lowest BCUT2D eigenvalue weighted by Crippen LogP contribution is -2.33. The number of carbonyl (C=O) groups excluding carboxylic acids is 1. The van der Waals surface area contributed by atoms with Crippen molar-refractivity contribution in [2.24, 2.45) is 0 Å². The fourth-order valence-electron chi connectivity index (χ4n) is 4.96. The van der Waals surface area contributed by atoms with E-state index in [1.807, 2.05) is 0 Å². The van der Waals surface area contributed by atoms with E-state index in [0.29, 0.717) is 16.8 Å². The molecule has 2 aromatic carbocycles. The molecule has 0 saturated carbocycles. The number of nitrogens with zero attached hydrogens (tertiary/aromatic N) is 4. The molecule has 6 aromatic rings. The summed E-state index contributed by atoms with van der Waals surface area (Å²) in [5, 5.41) is 7.26. The van der Waals surface area contributed by atoms with Crippen LogP contribution in [0.1, 0.15) is 45.2 Å². The number of hydrogen-bond donors (Lipinski definition) is 2. The lowest BCUT2D eigenvalue weighted by Gasteiger charge is -2.23. The van der Waals surface area contributed by atoms with Crippen LogP contribution >= 0.6 is 0 Å². The lowest BCUT2D eigenvalue weighted by molar-refractivity contribution is 0.0584. The fourth-order valence-corrected chi connectivity index (χ4v) is 4.96. The molecule has 0 aliphatic rings. The van der Waals surface area contributed by atoms with Gasteiger partial charge in [0.2, 0.25) is 11.3 Å². The Labute approximate surface area is 254 Å². The molecule has 0 bridgehead atoms. The van der Waals surface area contributed by atoms with Gasteiger partial charge in [-0.3, -0.25) is 14.8 Å². The number of ether oxygens (including phenoxy) is 1. The molecule has 3 N–H and O–H groups in total. The van der Waals surface area contributed by atoms with Crippen molar-refractivity contribution in [2.45, 2.75) is 39.2 Å². The van der Waals surface area contributed by atoms with Gasteiger partial charge >= 0.3 is 6.09 Å². The molecule has 4 heterocycles. The predicted molar refractivity (Wildman–Crippen MR) is 164 cm³/mol. The monoisotopic (exact) mass is 614 g/mol. The van der Waals surface area contributed by atoms with Crippen molar-refractivity contribution in [1.29, 1.82) is 0 Å². The summed E-state index contributed by atoms with van der Waals surface area (Å²) in [5.41, 5.74) is 5.83. The van der Waals surface area contributed by atoms with Gasteiger partial charge in [-0.2, -0.15) is 5.10 Å². The van der Waals surface area contributed by atoms with Gasteiger partial charge in [0, 0.05) is 13.1 Å². The van der Waals surface area contributed by atoms with Crippen LogP contribution in [0.2, 0.25) is 0 Å². The van der Waals surface area contributed by atoms with E-state index in [1.54, 1.807) is 39.8 Å². The molecule has 0 aliphatic heterocycles. The minimum Gasteiger partial charge on any atom is -0.459 e. The van der Waals surface area contributed by atoms with Gasteiger partial charge < -0.3 is 19.3 Å². The summed E-state index contributed by atoms with van der Waals surface area (Å²) in [6, 6.07) is 12.7. The zero-order chi connectivity index (χ0) is 32.2. The Balaban J connectivity index is 1.42. The Morgan fingerprint density at radius 1 is 1.04 bits per heavy atom. The third-order valence-electron chi connectivity index (χ3n) is 7.08. The van der Waals surface area contributed by atoms with Crippen LogP contribution in [0.25, 0.3) is 44.6 Å². The molecular weight excluding hydrogens is 586 g/mol. The summed E-state index contributed by atoms with van der Waals surface area (Å²) in [6.45, 7) is 6.97. The summed E-state index contributed by atoms with van der Waals surface area (Å²) in [6.07, 6.45) is -0.597. The first-order valence-corrected chi connectivity index (χ1v) is 13.9. The van der Waals surface area contributed by atoms with E-state index in [-0.39, 0.29) is 51.0 Å². The number of hydrogen-bond acceptors (Lipinski definition) is 9. The SMILES string of the molecule is CC(c1nc(N)c2c(-c3ccc(N(C)C(=O)OC(C)(C)C)o3)[nH]nc2n1)c1oc2cccc(F)c2c(=O)c1-c1cccc(F)c1. The minimum absolute atomic E-state index is 0.0167. The van der Waals surface area contributed by atoms with Crippen molar-refractivity contribution >= 4 is 39.8 Å². The topological polar surface area (TPSA) is 153 Å². The van der Waals surface area contributed by atoms with Gasteiger partial charge in [0.05, 0.1) is 16.9 Å². The van der Waals surface area contributed by atoms with Crippen LogP contribution in [0.5, 0.6) is 0 Å². The molecule has 13 heteroatoms. The number of carbonyl (C=O) groups is 1. The minimum atomic E-state index is -0.798. The molecule has 11 nitrogen and oxygen atoms in total. The Bertz CT molecular complexity index is 2160. The molecule has 45 heavy (non-hydrogen) atoms. The number of furan rings is 1. The molecule has 1 atom stereocenters. The number of amides is 1. The summed E-state index contributed by atoms with van der Waals surface area (Å²) in [5.74, 6) is -1.31. The zero-order valence-electron chi connectivity index (χ0n) is 24.9. The molecule has 6 rings (SSSR count). The highest BCUT2D eigenvalue weighted by atomic mass is 19.1. The van der Waals surface area contributed by atoms with Gasteiger partial charge in [-0.05, 0) is 63.6 Å². The average Bonchev–Trinajstić information content (AvgIpc) is 3.63. The number of benzene rings is 2. The maximum atomic E-state index is 14.8. The first kappa shape index (κ1) is 29.5. The quantitative estimate of drug-likeness (QED) is 0.214. The predicted octanol–water partition coefficient (Wildman–Crippen LogP) is 6.77. The van der Waals surface area contributed by atoms with Gasteiger partial charge in [-0.15, -0.1) is 0 Å². The first-order chi connectivity index (χ1) is 21.3. The van der Waals surface area contributed by atoms with E-state index in [9.17, 15) is 18.4 Å². The van der Waals surface area contributed by atoms with E-state index in [4.69, 9.17) is 19.3 Å². The highest BCUT2D eigenvalue weighted by molar-refractivity contribution is 5.97. The van der Waals surface area contributed by atoms with Crippen LogP contribution in [0.4, 0.5) is 25.3 Å². The number of halogens is 2. The molecule has 230 valence electrons. The van der Waals surface area contributed by atoms with Crippen molar-refractivity contribution < 1.29 is 27.1 Å². The van der Waals surface area contributed by atoms with Gasteiger partial charge in [0.15, 0.2) is 11.4 Å². The second-order valence-electron chi connectivity index (χ2n) is 11.5. The maximum absolute atomic E-state index is 14.8. The molecule has 1 unspecified atom stereocenters.